The van der Waals surface area contributed by atoms with Gasteiger partial charge >= 0.3 is 0 Å². The fraction of sp³-hybridized carbons (Fsp3) is 0.111. The SMILES string of the molecule is Cc1ccc(C(NN)c2ccc3ccccc3c2)cc1Cl. The van der Waals surface area contributed by atoms with Crippen LogP contribution in [0.25, 0.3) is 10.8 Å². The van der Waals surface area contributed by atoms with E-state index in [0.717, 1.165) is 21.7 Å². The van der Waals surface area contributed by atoms with Gasteiger partial charge in [0.05, 0.1) is 6.04 Å². The fourth-order valence-corrected chi connectivity index (χ4v) is 2.75. The Morgan fingerprint density at radius 2 is 1.57 bits per heavy atom. The normalized spacial score (nSPS) is 12.5. The summed E-state index contributed by atoms with van der Waals surface area (Å²) >= 11 is 6.23. The molecule has 0 radical (unpaired) electrons. The topological polar surface area (TPSA) is 38.0 Å². The third-order valence-electron chi connectivity index (χ3n) is 3.80. The van der Waals surface area contributed by atoms with Crippen molar-refractivity contribution in [3.8, 4) is 0 Å². The van der Waals surface area contributed by atoms with E-state index in [2.05, 4.69) is 41.8 Å². The van der Waals surface area contributed by atoms with E-state index in [4.69, 9.17) is 17.4 Å². The van der Waals surface area contributed by atoms with Crippen molar-refractivity contribution in [2.45, 2.75) is 13.0 Å². The lowest BCUT2D eigenvalue weighted by Crippen LogP contribution is -2.28. The smallest absolute Gasteiger partial charge is 0.0710 e. The average Bonchev–Trinajstić information content (AvgIpc) is 2.51. The van der Waals surface area contributed by atoms with Gasteiger partial charge in [-0.1, -0.05) is 60.1 Å². The summed E-state index contributed by atoms with van der Waals surface area (Å²) in [6.07, 6.45) is 0. The van der Waals surface area contributed by atoms with Crippen molar-refractivity contribution < 1.29 is 0 Å². The average molecular weight is 297 g/mol. The number of benzene rings is 3. The van der Waals surface area contributed by atoms with Crippen molar-refractivity contribution in [1.82, 2.24) is 5.43 Å². The molecule has 21 heavy (non-hydrogen) atoms. The van der Waals surface area contributed by atoms with Crippen molar-refractivity contribution in [3.05, 3.63) is 82.4 Å². The number of hydrogen-bond donors (Lipinski definition) is 2. The van der Waals surface area contributed by atoms with E-state index < -0.39 is 0 Å². The minimum absolute atomic E-state index is 0.0762. The maximum absolute atomic E-state index is 6.23. The molecule has 0 amide bonds. The van der Waals surface area contributed by atoms with Crippen LogP contribution < -0.4 is 11.3 Å². The highest BCUT2D eigenvalue weighted by Gasteiger charge is 2.13. The molecule has 0 saturated carbocycles. The first kappa shape index (κ1) is 14.1. The van der Waals surface area contributed by atoms with Crippen molar-refractivity contribution in [3.63, 3.8) is 0 Å². The lowest BCUT2D eigenvalue weighted by molar-refractivity contribution is 0.637. The van der Waals surface area contributed by atoms with Crippen LogP contribution in [0.15, 0.2) is 60.7 Å². The molecule has 3 rings (SSSR count). The largest absolute Gasteiger partial charge is 0.271 e. The Kier molecular flexibility index (Phi) is 3.93. The van der Waals surface area contributed by atoms with Crippen molar-refractivity contribution in [2.75, 3.05) is 0 Å². The van der Waals surface area contributed by atoms with Crippen molar-refractivity contribution in [2.24, 2.45) is 5.84 Å². The molecule has 3 aromatic carbocycles. The highest BCUT2D eigenvalue weighted by Crippen LogP contribution is 2.27. The molecule has 0 aliphatic rings. The van der Waals surface area contributed by atoms with Crippen LogP contribution in [-0.4, -0.2) is 0 Å². The quantitative estimate of drug-likeness (QED) is 0.557. The van der Waals surface area contributed by atoms with Crippen LogP contribution in [0.1, 0.15) is 22.7 Å². The predicted octanol–water partition coefficient (Wildman–Crippen LogP) is 4.35. The summed E-state index contributed by atoms with van der Waals surface area (Å²) < 4.78 is 0. The van der Waals surface area contributed by atoms with Crippen LogP contribution >= 0.6 is 11.6 Å². The molecule has 106 valence electrons. The van der Waals surface area contributed by atoms with E-state index in [0.29, 0.717) is 0 Å². The summed E-state index contributed by atoms with van der Waals surface area (Å²) in [5, 5.41) is 3.18. The van der Waals surface area contributed by atoms with E-state index in [-0.39, 0.29) is 6.04 Å². The van der Waals surface area contributed by atoms with Crippen LogP contribution in [0.5, 0.6) is 0 Å². The molecule has 0 aliphatic heterocycles. The van der Waals surface area contributed by atoms with E-state index in [1.165, 1.54) is 10.8 Å². The highest BCUT2D eigenvalue weighted by atomic mass is 35.5. The molecular weight excluding hydrogens is 280 g/mol. The number of fused-ring (bicyclic) bond motifs is 1. The Labute approximate surface area is 129 Å². The monoisotopic (exact) mass is 296 g/mol. The Morgan fingerprint density at radius 3 is 2.29 bits per heavy atom. The molecule has 3 heteroatoms. The third kappa shape index (κ3) is 2.79. The molecule has 3 N–H and O–H groups in total. The number of nitrogens with two attached hydrogens (primary N) is 1. The van der Waals surface area contributed by atoms with Crippen LogP contribution in [0.3, 0.4) is 0 Å². The Bertz CT molecular complexity index is 783. The molecule has 0 spiro atoms. The van der Waals surface area contributed by atoms with Crippen LogP contribution in [0.4, 0.5) is 0 Å². The van der Waals surface area contributed by atoms with Gasteiger partial charge in [0.1, 0.15) is 0 Å². The number of hydrogen-bond acceptors (Lipinski definition) is 2. The summed E-state index contributed by atoms with van der Waals surface area (Å²) in [6.45, 7) is 1.99. The maximum Gasteiger partial charge on any atom is 0.0710 e. The highest BCUT2D eigenvalue weighted by molar-refractivity contribution is 6.31. The summed E-state index contributed by atoms with van der Waals surface area (Å²) in [4.78, 5) is 0. The second-order valence-electron chi connectivity index (χ2n) is 5.21. The molecule has 2 nitrogen and oxygen atoms in total. The van der Waals surface area contributed by atoms with Gasteiger partial charge in [-0.25, -0.2) is 5.43 Å². The van der Waals surface area contributed by atoms with Crippen molar-refractivity contribution in [1.29, 1.82) is 0 Å². The van der Waals surface area contributed by atoms with Crippen LogP contribution in [0.2, 0.25) is 5.02 Å². The summed E-state index contributed by atoms with van der Waals surface area (Å²) in [6, 6.07) is 20.6. The zero-order chi connectivity index (χ0) is 14.8. The van der Waals surface area contributed by atoms with Gasteiger partial charge in [-0.3, -0.25) is 5.84 Å². The zero-order valence-electron chi connectivity index (χ0n) is 11.8. The predicted molar refractivity (Wildman–Crippen MR) is 89.3 cm³/mol. The zero-order valence-corrected chi connectivity index (χ0v) is 12.6. The molecular formula is C18H17ClN2. The van der Waals surface area contributed by atoms with Gasteiger partial charge in [0, 0.05) is 5.02 Å². The first-order valence-corrected chi connectivity index (χ1v) is 7.28. The van der Waals surface area contributed by atoms with Gasteiger partial charge in [0.15, 0.2) is 0 Å². The first-order valence-electron chi connectivity index (χ1n) is 6.90. The molecule has 0 aliphatic carbocycles. The first-order chi connectivity index (χ1) is 10.2. The number of hydrazine groups is 1. The van der Waals surface area contributed by atoms with E-state index in [9.17, 15) is 0 Å². The summed E-state index contributed by atoms with van der Waals surface area (Å²) in [7, 11) is 0. The van der Waals surface area contributed by atoms with Crippen molar-refractivity contribution >= 4 is 22.4 Å². The number of halogens is 1. The van der Waals surface area contributed by atoms with Gasteiger partial charge in [-0.15, -0.1) is 0 Å². The van der Waals surface area contributed by atoms with E-state index >= 15 is 0 Å². The third-order valence-corrected chi connectivity index (χ3v) is 4.21. The minimum atomic E-state index is -0.0762. The Morgan fingerprint density at radius 1 is 0.905 bits per heavy atom. The van der Waals surface area contributed by atoms with E-state index in [1.54, 1.807) is 0 Å². The second-order valence-corrected chi connectivity index (χ2v) is 5.62. The fourth-order valence-electron chi connectivity index (χ4n) is 2.56. The maximum atomic E-state index is 6.23. The molecule has 0 heterocycles. The molecule has 1 unspecified atom stereocenters. The van der Waals surface area contributed by atoms with Gasteiger partial charge in [-0.2, -0.15) is 0 Å². The van der Waals surface area contributed by atoms with Gasteiger partial charge in [0.25, 0.3) is 0 Å². The molecule has 0 aromatic heterocycles. The molecule has 0 saturated heterocycles. The summed E-state index contributed by atoms with van der Waals surface area (Å²) in [5.41, 5.74) is 6.13. The van der Waals surface area contributed by atoms with Crippen LogP contribution in [-0.2, 0) is 0 Å². The van der Waals surface area contributed by atoms with Gasteiger partial charge in [-0.05, 0) is 46.5 Å². The Balaban J connectivity index is 2.06. The molecule has 1 atom stereocenters. The Hall–Kier alpha value is -1.87. The summed E-state index contributed by atoms with van der Waals surface area (Å²) in [5.74, 6) is 5.78. The molecule has 0 bridgehead atoms. The van der Waals surface area contributed by atoms with Gasteiger partial charge < -0.3 is 0 Å². The van der Waals surface area contributed by atoms with E-state index in [1.807, 2.05) is 31.2 Å². The van der Waals surface area contributed by atoms with Gasteiger partial charge in [0.2, 0.25) is 0 Å². The minimum Gasteiger partial charge on any atom is -0.271 e. The standard InChI is InChI=1S/C18H17ClN2/c1-12-6-7-16(11-17(12)19)18(21-20)15-9-8-13-4-2-3-5-14(13)10-15/h2-11,18,21H,20H2,1H3. The van der Waals surface area contributed by atoms with Crippen LogP contribution in [0, 0.1) is 6.92 Å². The molecule has 3 aromatic rings. The number of rotatable bonds is 3. The second kappa shape index (κ2) is 5.86. The number of nitrogens with one attached hydrogen (secondary N) is 1. The lowest BCUT2D eigenvalue weighted by Gasteiger charge is -2.18. The lowest BCUT2D eigenvalue weighted by atomic mass is 9.96. The molecule has 0 fully saturated rings. The number of aryl methyl sites for hydroxylation is 1.